The molecule has 0 unspecified atom stereocenters. The first-order valence-electron chi connectivity index (χ1n) is 3.56. The zero-order valence-corrected chi connectivity index (χ0v) is 9.09. The van der Waals surface area contributed by atoms with Crippen LogP contribution in [-0.2, 0) is 0 Å². The SMILES string of the molecule is Cc1c(Cl)nc2c(Br)cnn2c1N. The molecule has 13 heavy (non-hydrogen) atoms. The van der Waals surface area contributed by atoms with Gasteiger partial charge < -0.3 is 5.73 Å². The van der Waals surface area contributed by atoms with Crippen molar-refractivity contribution >= 4 is 39.0 Å². The normalized spacial score (nSPS) is 11.0. The highest BCUT2D eigenvalue weighted by molar-refractivity contribution is 9.10. The van der Waals surface area contributed by atoms with Crippen LogP contribution in [0.15, 0.2) is 10.7 Å². The fraction of sp³-hybridized carbons (Fsp3) is 0.143. The predicted octanol–water partition coefficient (Wildman–Crippen LogP) is 2.04. The molecule has 0 spiro atoms. The number of halogens is 2. The Balaban J connectivity index is 2.96. The third-order valence-electron chi connectivity index (χ3n) is 1.83. The van der Waals surface area contributed by atoms with Crippen LogP contribution in [-0.4, -0.2) is 14.6 Å². The summed E-state index contributed by atoms with van der Waals surface area (Å²) < 4.78 is 2.33. The Labute approximate surface area is 87.8 Å². The van der Waals surface area contributed by atoms with Crippen LogP contribution >= 0.6 is 27.5 Å². The van der Waals surface area contributed by atoms with E-state index in [0.29, 0.717) is 16.6 Å². The average Bonchev–Trinajstić information content (AvgIpc) is 2.45. The first-order valence-corrected chi connectivity index (χ1v) is 4.73. The summed E-state index contributed by atoms with van der Waals surface area (Å²) in [4.78, 5) is 4.13. The highest BCUT2D eigenvalue weighted by Gasteiger charge is 2.10. The minimum absolute atomic E-state index is 0.409. The molecule has 0 bridgehead atoms. The van der Waals surface area contributed by atoms with Gasteiger partial charge in [-0.25, -0.2) is 4.98 Å². The summed E-state index contributed by atoms with van der Waals surface area (Å²) in [6, 6.07) is 0. The van der Waals surface area contributed by atoms with Crippen molar-refractivity contribution in [2.75, 3.05) is 5.73 Å². The minimum Gasteiger partial charge on any atom is -0.383 e. The van der Waals surface area contributed by atoms with Crippen molar-refractivity contribution in [3.8, 4) is 0 Å². The number of rotatable bonds is 0. The molecule has 2 heterocycles. The maximum Gasteiger partial charge on any atom is 0.173 e. The minimum atomic E-state index is 0.409. The maximum atomic E-state index is 5.87. The Morgan fingerprint density at radius 1 is 1.62 bits per heavy atom. The van der Waals surface area contributed by atoms with Crippen LogP contribution in [0.25, 0.3) is 5.65 Å². The van der Waals surface area contributed by atoms with E-state index in [-0.39, 0.29) is 0 Å². The highest BCUT2D eigenvalue weighted by atomic mass is 79.9. The van der Waals surface area contributed by atoms with Crippen LogP contribution in [0.3, 0.4) is 0 Å². The summed E-state index contributed by atoms with van der Waals surface area (Å²) in [6.07, 6.45) is 1.63. The van der Waals surface area contributed by atoms with E-state index in [1.165, 1.54) is 0 Å². The number of anilines is 1. The third kappa shape index (κ3) is 1.19. The van der Waals surface area contributed by atoms with Gasteiger partial charge in [0, 0.05) is 5.56 Å². The molecular weight excluding hydrogens is 255 g/mol. The number of nitrogen functional groups attached to an aromatic ring is 1. The largest absolute Gasteiger partial charge is 0.383 e. The average molecular weight is 262 g/mol. The van der Waals surface area contributed by atoms with Crippen LogP contribution in [0.4, 0.5) is 5.82 Å². The molecule has 0 saturated heterocycles. The number of nitrogens with zero attached hydrogens (tertiary/aromatic N) is 3. The highest BCUT2D eigenvalue weighted by Crippen LogP contribution is 2.24. The second-order valence-electron chi connectivity index (χ2n) is 2.64. The van der Waals surface area contributed by atoms with Crippen LogP contribution in [0.2, 0.25) is 5.15 Å². The Hall–Kier alpha value is -0.810. The summed E-state index contributed by atoms with van der Waals surface area (Å²) in [7, 11) is 0. The van der Waals surface area contributed by atoms with E-state index in [0.717, 1.165) is 10.0 Å². The summed E-state index contributed by atoms with van der Waals surface area (Å²) >= 11 is 9.17. The van der Waals surface area contributed by atoms with Gasteiger partial charge in [-0.3, -0.25) is 0 Å². The standard InChI is InChI=1S/C7H6BrClN4/c1-3-5(9)12-7-4(8)2-11-13(7)6(3)10/h2H,10H2,1H3. The van der Waals surface area contributed by atoms with Crippen LogP contribution < -0.4 is 5.73 Å². The van der Waals surface area contributed by atoms with Crippen molar-refractivity contribution in [2.24, 2.45) is 0 Å². The van der Waals surface area contributed by atoms with Gasteiger partial charge in [0.25, 0.3) is 0 Å². The molecule has 0 atom stereocenters. The van der Waals surface area contributed by atoms with Crippen LogP contribution in [0, 0.1) is 6.92 Å². The number of hydrogen-bond donors (Lipinski definition) is 1. The molecule has 0 amide bonds. The van der Waals surface area contributed by atoms with Crippen molar-refractivity contribution < 1.29 is 0 Å². The molecule has 0 aromatic carbocycles. The summed E-state index contributed by atoms with van der Waals surface area (Å²) in [5.41, 5.74) is 7.16. The van der Waals surface area contributed by atoms with E-state index in [4.69, 9.17) is 17.3 Å². The quantitative estimate of drug-likeness (QED) is 0.738. The van der Waals surface area contributed by atoms with Gasteiger partial charge >= 0.3 is 0 Å². The van der Waals surface area contributed by atoms with Gasteiger partial charge in [-0.1, -0.05) is 11.6 Å². The lowest BCUT2D eigenvalue weighted by Gasteiger charge is -2.03. The molecule has 0 radical (unpaired) electrons. The van der Waals surface area contributed by atoms with Crippen molar-refractivity contribution in [1.82, 2.24) is 14.6 Å². The molecule has 0 fully saturated rings. The molecule has 4 nitrogen and oxygen atoms in total. The molecule has 0 saturated carbocycles. The molecule has 2 N–H and O–H groups in total. The first kappa shape index (κ1) is 8.77. The van der Waals surface area contributed by atoms with E-state index >= 15 is 0 Å². The fourth-order valence-corrected chi connectivity index (χ4v) is 1.57. The van der Waals surface area contributed by atoms with E-state index in [1.807, 2.05) is 0 Å². The molecule has 2 aromatic rings. The summed E-state index contributed by atoms with van der Waals surface area (Å²) in [5, 5.41) is 4.45. The number of fused-ring (bicyclic) bond motifs is 1. The van der Waals surface area contributed by atoms with Crippen molar-refractivity contribution in [3.05, 3.63) is 21.4 Å². The van der Waals surface area contributed by atoms with E-state index in [1.54, 1.807) is 17.6 Å². The Morgan fingerprint density at radius 3 is 3.00 bits per heavy atom. The molecule has 6 heteroatoms. The van der Waals surface area contributed by atoms with Gasteiger partial charge in [0.1, 0.15) is 11.0 Å². The fourth-order valence-electron chi connectivity index (χ4n) is 1.04. The molecule has 2 rings (SSSR count). The zero-order valence-electron chi connectivity index (χ0n) is 6.75. The topological polar surface area (TPSA) is 56.2 Å². The smallest absolute Gasteiger partial charge is 0.173 e. The van der Waals surface area contributed by atoms with Crippen molar-refractivity contribution in [3.63, 3.8) is 0 Å². The third-order valence-corrected chi connectivity index (χ3v) is 2.75. The molecule has 2 aromatic heterocycles. The first-order chi connectivity index (χ1) is 6.11. The number of nitrogens with two attached hydrogens (primary N) is 1. The Kier molecular flexibility index (Phi) is 1.92. The van der Waals surface area contributed by atoms with Gasteiger partial charge in [0.15, 0.2) is 5.65 Å². The van der Waals surface area contributed by atoms with Gasteiger partial charge in [-0.2, -0.15) is 9.61 Å². The van der Waals surface area contributed by atoms with Crippen LogP contribution in [0.1, 0.15) is 5.56 Å². The van der Waals surface area contributed by atoms with Crippen molar-refractivity contribution in [2.45, 2.75) is 6.92 Å². The van der Waals surface area contributed by atoms with Gasteiger partial charge in [0.2, 0.25) is 0 Å². The van der Waals surface area contributed by atoms with E-state index < -0.39 is 0 Å². The zero-order chi connectivity index (χ0) is 9.59. The Bertz CT molecular complexity index is 479. The molecule has 0 aliphatic heterocycles. The van der Waals surface area contributed by atoms with Gasteiger partial charge in [-0.15, -0.1) is 0 Å². The van der Waals surface area contributed by atoms with E-state index in [9.17, 15) is 0 Å². The van der Waals surface area contributed by atoms with Gasteiger partial charge in [-0.05, 0) is 22.9 Å². The Morgan fingerprint density at radius 2 is 2.31 bits per heavy atom. The lowest BCUT2D eigenvalue weighted by Crippen LogP contribution is -2.03. The lowest BCUT2D eigenvalue weighted by molar-refractivity contribution is 0.942. The molecule has 0 aliphatic carbocycles. The lowest BCUT2D eigenvalue weighted by atomic mass is 10.3. The molecule has 0 aliphatic rings. The number of aromatic nitrogens is 3. The van der Waals surface area contributed by atoms with E-state index in [2.05, 4.69) is 26.0 Å². The van der Waals surface area contributed by atoms with Crippen LogP contribution in [0.5, 0.6) is 0 Å². The van der Waals surface area contributed by atoms with Crippen molar-refractivity contribution in [1.29, 1.82) is 0 Å². The number of hydrogen-bond acceptors (Lipinski definition) is 3. The maximum absolute atomic E-state index is 5.87. The second kappa shape index (κ2) is 2.85. The second-order valence-corrected chi connectivity index (χ2v) is 3.85. The predicted molar refractivity (Wildman–Crippen MR) is 54.8 cm³/mol. The molecular formula is C7H6BrClN4. The molecule has 68 valence electrons. The van der Waals surface area contributed by atoms with Gasteiger partial charge in [0.05, 0.1) is 10.7 Å². The monoisotopic (exact) mass is 260 g/mol. The summed E-state index contributed by atoms with van der Waals surface area (Å²) in [5.74, 6) is 0.515. The summed E-state index contributed by atoms with van der Waals surface area (Å²) in [6.45, 7) is 1.81.